The van der Waals surface area contributed by atoms with Crippen molar-refractivity contribution in [1.82, 2.24) is 9.80 Å². The summed E-state index contributed by atoms with van der Waals surface area (Å²) in [5, 5.41) is 0. The number of nitrogens with zero attached hydrogens (tertiary/aromatic N) is 2. The van der Waals surface area contributed by atoms with Gasteiger partial charge in [0.1, 0.15) is 0 Å². The van der Waals surface area contributed by atoms with Gasteiger partial charge in [-0.25, -0.2) is 0 Å². The third-order valence-electron chi connectivity index (χ3n) is 5.73. The Labute approximate surface area is 168 Å². The summed E-state index contributed by atoms with van der Waals surface area (Å²) in [5.41, 5.74) is -0.541. The second kappa shape index (κ2) is 9.15. The highest BCUT2D eigenvalue weighted by Gasteiger charge is 2.33. The van der Waals surface area contributed by atoms with E-state index in [9.17, 15) is 22.8 Å². The molecule has 0 bridgehead atoms. The Morgan fingerprint density at radius 2 is 1.79 bits per heavy atom. The lowest BCUT2D eigenvalue weighted by atomic mass is 9.94. The molecule has 1 aromatic carbocycles. The lowest BCUT2D eigenvalue weighted by Gasteiger charge is -2.34. The Morgan fingerprint density at radius 1 is 1.14 bits per heavy atom. The number of carbonyl (C=O) groups excluding carboxylic acids is 2. The Balaban J connectivity index is 1.53. The van der Waals surface area contributed by atoms with Crippen molar-refractivity contribution in [1.29, 1.82) is 0 Å². The number of amides is 2. The molecule has 160 valence electrons. The summed E-state index contributed by atoms with van der Waals surface area (Å²) in [7, 11) is 0. The Kier molecular flexibility index (Phi) is 6.82. The zero-order valence-corrected chi connectivity index (χ0v) is 16.6. The van der Waals surface area contributed by atoms with Crippen LogP contribution in [0.2, 0.25) is 0 Å². The van der Waals surface area contributed by atoms with Crippen LogP contribution in [-0.4, -0.2) is 60.5 Å². The average molecular weight is 412 g/mol. The van der Waals surface area contributed by atoms with Crippen LogP contribution in [0.1, 0.15) is 48.5 Å². The number of hydrogen-bond acceptors (Lipinski definition) is 3. The van der Waals surface area contributed by atoms with Gasteiger partial charge in [-0.15, -0.1) is 0 Å². The molecule has 2 saturated heterocycles. The number of likely N-dealkylation sites (tertiary alicyclic amines) is 1. The molecule has 0 aliphatic carbocycles. The highest BCUT2D eigenvalue weighted by Crippen LogP contribution is 2.29. The number of rotatable bonds is 5. The van der Waals surface area contributed by atoms with Crippen molar-refractivity contribution >= 4 is 11.8 Å². The number of likely N-dealkylation sites (N-methyl/N-ethyl adjacent to an activating group) is 1. The van der Waals surface area contributed by atoms with Crippen molar-refractivity contribution < 1.29 is 27.5 Å². The average Bonchev–Trinajstić information content (AvgIpc) is 3.24. The number of halogens is 3. The molecule has 1 unspecified atom stereocenters. The summed E-state index contributed by atoms with van der Waals surface area (Å²) in [6.45, 7) is 4.79. The van der Waals surface area contributed by atoms with Crippen molar-refractivity contribution in [3.63, 3.8) is 0 Å². The molecule has 0 radical (unpaired) electrons. The third kappa shape index (κ3) is 5.29. The van der Waals surface area contributed by atoms with E-state index in [1.807, 2.05) is 11.8 Å². The number of ether oxygens (including phenoxy) is 1. The van der Waals surface area contributed by atoms with Crippen LogP contribution in [0, 0.1) is 5.92 Å². The molecule has 2 aliphatic heterocycles. The molecular weight excluding hydrogens is 385 g/mol. The zero-order chi connectivity index (χ0) is 21.0. The van der Waals surface area contributed by atoms with Crippen molar-refractivity contribution in [2.75, 3.05) is 32.8 Å². The van der Waals surface area contributed by atoms with Gasteiger partial charge in [-0.3, -0.25) is 9.59 Å². The normalized spacial score (nSPS) is 20.7. The predicted molar refractivity (Wildman–Crippen MR) is 101 cm³/mol. The van der Waals surface area contributed by atoms with Crippen LogP contribution in [0.3, 0.4) is 0 Å². The van der Waals surface area contributed by atoms with Gasteiger partial charge < -0.3 is 14.5 Å². The quantitative estimate of drug-likeness (QED) is 0.743. The Bertz CT molecular complexity index is 707. The van der Waals surface area contributed by atoms with Crippen LogP contribution in [0.4, 0.5) is 13.2 Å². The summed E-state index contributed by atoms with van der Waals surface area (Å²) in [5.74, 6) is -0.325. The van der Waals surface area contributed by atoms with Gasteiger partial charge in [0.2, 0.25) is 5.91 Å². The van der Waals surface area contributed by atoms with Crippen LogP contribution < -0.4 is 0 Å². The topological polar surface area (TPSA) is 49.9 Å². The van der Waals surface area contributed by atoms with E-state index >= 15 is 0 Å². The lowest BCUT2D eigenvalue weighted by molar-refractivity contribution is -0.138. The number of alkyl halides is 3. The van der Waals surface area contributed by atoms with E-state index in [4.69, 9.17) is 4.74 Å². The first-order chi connectivity index (χ1) is 13.8. The third-order valence-corrected chi connectivity index (χ3v) is 5.73. The largest absolute Gasteiger partial charge is 0.416 e. The van der Waals surface area contributed by atoms with Crippen LogP contribution in [0.5, 0.6) is 0 Å². The smallest absolute Gasteiger partial charge is 0.376 e. The fourth-order valence-electron chi connectivity index (χ4n) is 3.98. The van der Waals surface area contributed by atoms with E-state index in [2.05, 4.69) is 0 Å². The maximum atomic E-state index is 12.9. The molecular formula is C21H27F3N2O3. The second-order valence-electron chi connectivity index (χ2n) is 7.65. The molecule has 2 heterocycles. The minimum atomic E-state index is -4.42. The van der Waals surface area contributed by atoms with Crippen LogP contribution in [0.15, 0.2) is 24.3 Å². The second-order valence-corrected chi connectivity index (χ2v) is 7.65. The van der Waals surface area contributed by atoms with Crippen LogP contribution >= 0.6 is 0 Å². The van der Waals surface area contributed by atoms with Crippen LogP contribution in [0.25, 0.3) is 0 Å². The van der Waals surface area contributed by atoms with Gasteiger partial charge in [-0.2, -0.15) is 13.2 Å². The number of carbonyl (C=O) groups is 2. The van der Waals surface area contributed by atoms with Crippen molar-refractivity contribution in [2.45, 2.75) is 44.9 Å². The predicted octanol–water partition coefficient (Wildman–Crippen LogP) is 3.59. The van der Waals surface area contributed by atoms with Gasteiger partial charge in [0.25, 0.3) is 5.91 Å². The first-order valence-electron chi connectivity index (χ1n) is 10.2. The zero-order valence-electron chi connectivity index (χ0n) is 16.6. The van der Waals surface area contributed by atoms with Crippen molar-refractivity contribution in [2.24, 2.45) is 5.92 Å². The fourth-order valence-corrected chi connectivity index (χ4v) is 3.98. The molecule has 0 N–H and O–H groups in total. The number of hydrogen-bond donors (Lipinski definition) is 0. The van der Waals surface area contributed by atoms with E-state index in [1.165, 1.54) is 12.1 Å². The summed E-state index contributed by atoms with van der Waals surface area (Å²) in [4.78, 5) is 28.9. The number of piperidine rings is 1. The molecule has 5 nitrogen and oxygen atoms in total. The Hall–Kier alpha value is -2.09. The SMILES string of the molecule is CCN(CC1CCCO1)C(=O)C1CCN(C(=O)c2ccc(C(F)(F)F)cc2)CC1. The summed E-state index contributed by atoms with van der Waals surface area (Å²) in [6, 6.07) is 4.27. The van der Waals surface area contributed by atoms with Gasteiger partial charge in [0, 0.05) is 44.3 Å². The van der Waals surface area contributed by atoms with E-state index < -0.39 is 11.7 Å². The first-order valence-corrected chi connectivity index (χ1v) is 10.2. The van der Waals surface area contributed by atoms with E-state index in [-0.39, 0.29) is 29.4 Å². The molecule has 0 saturated carbocycles. The fraction of sp³-hybridized carbons (Fsp3) is 0.619. The monoisotopic (exact) mass is 412 g/mol. The van der Waals surface area contributed by atoms with Gasteiger partial charge in [-0.05, 0) is 56.9 Å². The lowest BCUT2D eigenvalue weighted by Crippen LogP contribution is -2.46. The Morgan fingerprint density at radius 3 is 2.31 bits per heavy atom. The van der Waals surface area contributed by atoms with Crippen molar-refractivity contribution in [3.05, 3.63) is 35.4 Å². The molecule has 8 heteroatoms. The van der Waals surface area contributed by atoms with Crippen molar-refractivity contribution in [3.8, 4) is 0 Å². The molecule has 2 amide bonds. The molecule has 1 atom stereocenters. The van der Waals surface area contributed by atoms with Gasteiger partial charge in [-0.1, -0.05) is 0 Å². The van der Waals surface area contributed by atoms with Gasteiger partial charge >= 0.3 is 6.18 Å². The highest BCUT2D eigenvalue weighted by atomic mass is 19.4. The first kappa shape index (κ1) is 21.6. The number of benzene rings is 1. The molecule has 3 rings (SSSR count). The van der Waals surface area contributed by atoms with Gasteiger partial charge in [0.15, 0.2) is 0 Å². The van der Waals surface area contributed by atoms with Crippen LogP contribution in [-0.2, 0) is 15.7 Å². The highest BCUT2D eigenvalue weighted by molar-refractivity contribution is 5.94. The maximum Gasteiger partial charge on any atom is 0.416 e. The van der Waals surface area contributed by atoms with E-state index in [0.717, 1.165) is 31.6 Å². The minimum absolute atomic E-state index is 0.102. The summed E-state index contributed by atoms with van der Waals surface area (Å²) >= 11 is 0. The van der Waals surface area contributed by atoms with E-state index in [1.54, 1.807) is 4.90 Å². The summed E-state index contributed by atoms with van der Waals surface area (Å²) in [6.07, 6.45) is -1.18. The molecule has 2 aliphatic rings. The molecule has 29 heavy (non-hydrogen) atoms. The molecule has 0 spiro atoms. The standard InChI is InChI=1S/C21H27F3N2O3/c1-2-25(14-18-4-3-13-29-18)19(27)16-9-11-26(12-10-16)20(28)15-5-7-17(8-6-15)21(22,23)24/h5-8,16,18H,2-4,9-14H2,1H3. The summed E-state index contributed by atoms with van der Waals surface area (Å²) < 4.78 is 43.7. The molecule has 0 aromatic heterocycles. The minimum Gasteiger partial charge on any atom is -0.376 e. The molecule has 2 fully saturated rings. The van der Waals surface area contributed by atoms with Gasteiger partial charge in [0.05, 0.1) is 11.7 Å². The maximum absolute atomic E-state index is 12.9. The molecule has 1 aromatic rings. The van der Waals surface area contributed by atoms with E-state index in [0.29, 0.717) is 39.0 Å².